The lowest BCUT2D eigenvalue weighted by Gasteiger charge is -2.11. The summed E-state index contributed by atoms with van der Waals surface area (Å²) in [5.41, 5.74) is 4.36. The second kappa shape index (κ2) is 9.65. The molecule has 0 spiro atoms. The highest BCUT2D eigenvalue weighted by Gasteiger charge is 2.14. The minimum atomic E-state index is -0.584. The van der Waals surface area contributed by atoms with Crippen molar-refractivity contribution in [2.75, 3.05) is 7.11 Å². The van der Waals surface area contributed by atoms with Crippen LogP contribution in [0.3, 0.4) is 0 Å². The van der Waals surface area contributed by atoms with E-state index in [4.69, 9.17) is 13.9 Å². The van der Waals surface area contributed by atoms with Crippen LogP contribution in [0.2, 0.25) is 0 Å². The second-order valence-electron chi connectivity index (χ2n) is 6.97. The Bertz CT molecular complexity index is 1330. The number of fused-ring (bicyclic) bond motifs is 1. The summed E-state index contributed by atoms with van der Waals surface area (Å²) in [5, 5.41) is 15.3. The maximum Gasteiger partial charge on any atom is 0.307 e. The topological polar surface area (TPSA) is 116 Å². The summed E-state index contributed by atoms with van der Waals surface area (Å²) in [6, 6.07) is 20.5. The molecule has 1 N–H and O–H groups in total. The summed E-state index contributed by atoms with van der Waals surface area (Å²) in [4.78, 5) is 22.7. The summed E-state index contributed by atoms with van der Waals surface area (Å²) in [5.74, 6) is 0.516. The first kappa shape index (κ1) is 21.6. The summed E-state index contributed by atoms with van der Waals surface area (Å²) < 4.78 is 16.7. The molecule has 1 amide bonds. The van der Waals surface area contributed by atoms with E-state index < -0.39 is 10.8 Å². The Morgan fingerprint density at radius 2 is 1.91 bits per heavy atom. The molecule has 3 aromatic carbocycles. The van der Waals surface area contributed by atoms with Gasteiger partial charge in [-0.3, -0.25) is 14.9 Å². The highest BCUT2D eigenvalue weighted by atomic mass is 16.6. The van der Waals surface area contributed by atoms with E-state index in [1.54, 1.807) is 25.3 Å². The van der Waals surface area contributed by atoms with E-state index in [1.807, 2.05) is 30.3 Å². The normalized spacial score (nSPS) is 10.9. The van der Waals surface area contributed by atoms with Gasteiger partial charge in [-0.25, -0.2) is 5.43 Å². The highest BCUT2D eigenvalue weighted by molar-refractivity contribution is 5.97. The molecule has 0 saturated heterocycles. The average molecular weight is 445 g/mol. The summed E-state index contributed by atoms with van der Waals surface area (Å²) in [6.45, 7) is 0.374. The van der Waals surface area contributed by atoms with Gasteiger partial charge in [-0.05, 0) is 41.5 Å². The number of carbonyl (C=O) groups is 1. The fourth-order valence-corrected chi connectivity index (χ4v) is 3.10. The predicted molar refractivity (Wildman–Crippen MR) is 122 cm³/mol. The van der Waals surface area contributed by atoms with Crippen molar-refractivity contribution < 1.29 is 23.6 Å². The van der Waals surface area contributed by atoms with Crippen molar-refractivity contribution in [2.45, 2.75) is 6.61 Å². The molecule has 0 unspecified atom stereocenters. The molecular formula is C24H19N3O6. The van der Waals surface area contributed by atoms with Gasteiger partial charge < -0.3 is 13.9 Å². The van der Waals surface area contributed by atoms with Gasteiger partial charge in [0.1, 0.15) is 12.2 Å². The largest absolute Gasteiger partial charge is 0.493 e. The van der Waals surface area contributed by atoms with Crippen molar-refractivity contribution in [3.8, 4) is 11.5 Å². The van der Waals surface area contributed by atoms with E-state index in [0.717, 1.165) is 5.56 Å². The van der Waals surface area contributed by atoms with Gasteiger partial charge in [-0.1, -0.05) is 30.3 Å². The van der Waals surface area contributed by atoms with Gasteiger partial charge in [0, 0.05) is 17.5 Å². The van der Waals surface area contributed by atoms with Crippen molar-refractivity contribution >= 4 is 28.8 Å². The fourth-order valence-electron chi connectivity index (χ4n) is 3.10. The number of carbonyl (C=O) groups excluding carboxylic acids is 1. The highest BCUT2D eigenvalue weighted by Crippen LogP contribution is 2.28. The molecule has 9 nitrogen and oxygen atoms in total. The van der Waals surface area contributed by atoms with Gasteiger partial charge in [0.2, 0.25) is 0 Å². The molecule has 0 aliphatic rings. The second-order valence-corrected chi connectivity index (χ2v) is 6.97. The number of hydrazone groups is 1. The number of nitrogens with one attached hydrogen (secondary N) is 1. The molecule has 33 heavy (non-hydrogen) atoms. The number of rotatable bonds is 8. The number of amides is 1. The molecule has 0 saturated carbocycles. The Morgan fingerprint density at radius 1 is 1.09 bits per heavy atom. The number of nitrogens with zero attached hydrogens (tertiary/aromatic N) is 2. The van der Waals surface area contributed by atoms with Gasteiger partial charge in [-0.15, -0.1) is 0 Å². The average Bonchev–Trinajstić information content (AvgIpc) is 3.27. The van der Waals surface area contributed by atoms with E-state index in [9.17, 15) is 14.9 Å². The van der Waals surface area contributed by atoms with Crippen LogP contribution in [0.1, 0.15) is 21.7 Å². The standard InChI is InChI=1S/C24H19N3O6/c1-31-21-9-7-17(11-22(21)32-15-16-5-3-2-4-6-16)14-25-26-24(28)23-13-18-12-19(27(29)30)8-10-20(18)33-23/h2-14H,15H2,1H3,(H,26,28)/b25-14-. The number of benzene rings is 3. The predicted octanol–water partition coefficient (Wildman–Crippen LogP) is 4.69. The number of hydrogen-bond donors (Lipinski definition) is 1. The molecule has 0 aliphatic carbocycles. The molecule has 1 aromatic heterocycles. The van der Waals surface area contributed by atoms with Crippen LogP contribution in [0.4, 0.5) is 5.69 Å². The van der Waals surface area contributed by atoms with Crippen LogP contribution in [0.25, 0.3) is 11.0 Å². The Hall–Kier alpha value is -4.66. The molecular weight excluding hydrogens is 426 g/mol. The van der Waals surface area contributed by atoms with Crippen LogP contribution in [-0.4, -0.2) is 24.2 Å². The van der Waals surface area contributed by atoms with Crippen LogP contribution in [0.5, 0.6) is 11.5 Å². The number of non-ortho nitro benzene ring substituents is 1. The number of nitro benzene ring substituents is 1. The molecule has 0 atom stereocenters. The summed E-state index contributed by atoms with van der Waals surface area (Å²) >= 11 is 0. The number of hydrogen-bond acceptors (Lipinski definition) is 7. The lowest BCUT2D eigenvalue weighted by Crippen LogP contribution is -2.16. The minimum Gasteiger partial charge on any atom is -0.493 e. The third kappa shape index (κ3) is 5.16. The van der Waals surface area contributed by atoms with Gasteiger partial charge in [-0.2, -0.15) is 5.10 Å². The zero-order valence-corrected chi connectivity index (χ0v) is 17.6. The Balaban J connectivity index is 1.43. The van der Waals surface area contributed by atoms with Crippen molar-refractivity contribution in [3.05, 3.63) is 99.8 Å². The van der Waals surface area contributed by atoms with Crippen LogP contribution in [-0.2, 0) is 6.61 Å². The molecule has 4 aromatic rings. The van der Waals surface area contributed by atoms with Gasteiger partial charge >= 0.3 is 5.91 Å². The van der Waals surface area contributed by atoms with Gasteiger partial charge in [0.25, 0.3) is 5.69 Å². The fraction of sp³-hybridized carbons (Fsp3) is 0.0833. The van der Waals surface area contributed by atoms with Crippen molar-refractivity contribution in [2.24, 2.45) is 5.10 Å². The Labute approximate surface area is 188 Å². The van der Waals surface area contributed by atoms with Gasteiger partial charge in [0.15, 0.2) is 17.3 Å². The van der Waals surface area contributed by atoms with E-state index in [0.29, 0.717) is 34.6 Å². The zero-order chi connectivity index (χ0) is 23.2. The molecule has 166 valence electrons. The lowest BCUT2D eigenvalue weighted by atomic mass is 10.2. The first-order valence-electron chi connectivity index (χ1n) is 9.89. The van der Waals surface area contributed by atoms with Crippen molar-refractivity contribution in [1.82, 2.24) is 5.43 Å². The van der Waals surface area contributed by atoms with Crippen LogP contribution < -0.4 is 14.9 Å². The summed E-state index contributed by atoms with van der Waals surface area (Å²) in [6.07, 6.45) is 1.46. The van der Waals surface area contributed by atoms with Crippen LogP contribution >= 0.6 is 0 Å². The smallest absolute Gasteiger partial charge is 0.307 e. The quantitative estimate of drug-likeness (QED) is 0.239. The monoisotopic (exact) mass is 445 g/mol. The van der Waals surface area contributed by atoms with Crippen molar-refractivity contribution in [3.63, 3.8) is 0 Å². The SMILES string of the molecule is COc1ccc(/C=N\NC(=O)c2cc3cc([N+](=O)[O-])ccc3o2)cc1OCc1ccccc1. The Kier molecular flexibility index (Phi) is 6.31. The number of ether oxygens (including phenoxy) is 2. The number of nitro groups is 1. The van der Waals surface area contributed by atoms with Crippen LogP contribution in [0.15, 0.2) is 82.3 Å². The molecule has 0 aliphatic heterocycles. The maximum atomic E-state index is 12.4. The lowest BCUT2D eigenvalue weighted by molar-refractivity contribution is -0.384. The molecule has 0 bridgehead atoms. The number of furan rings is 1. The van der Waals surface area contributed by atoms with E-state index in [2.05, 4.69) is 10.5 Å². The van der Waals surface area contributed by atoms with Crippen LogP contribution in [0, 0.1) is 10.1 Å². The first-order chi connectivity index (χ1) is 16.0. The Morgan fingerprint density at radius 3 is 2.67 bits per heavy atom. The molecule has 0 radical (unpaired) electrons. The molecule has 4 rings (SSSR count). The van der Waals surface area contributed by atoms with E-state index >= 15 is 0 Å². The van der Waals surface area contributed by atoms with E-state index in [-0.39, 0.29) is 11.4 Å². The maximum absolute atomic E-state index is 12.4. The van der Waals surface area contributed by atoms with Gasteiger partial charge in [0.05, 0.1) is 18.2 Å². The molecule has 0 fully saturated rings. The molecule has 1 heterocycles. The number of methoxy groups -OCH3 is 1. The zero-order valence-electron chi connectivity index (χ0n) is 17.6. The minimum absolute atomic E-state index is 0.00994. The summed E-state index contributed by atoms with van der Waals surface area (Å²) in [7, 11) is 1.56. The van der Waals surface area contributed by atoms with Crippen molar-refractivity contribution in [1.29, 1.82) is 0 Å². The molecule has 9 heteroatoms. The third-order valence-corrected chi connectivity index (χ3v) is 4.74. The first-order valence-corrected chi connectivity index (χ1v) is 9.89. The third-order valence-electron chi connectivity index (χ3n) is 4.74. The van der Waals surface area contributed by atoms with E-state index in [1.165, 1.54) is 30.5 Å².